The predicted molar refractivity (Wildman–Crippen MR) is 84.0 cm³/mol. The van der Waals surface area contributed by atoms with Crippen LogP contribution in [0.1, 0.15) is 37.4 Å². The number of hydrogen-bond donors (Lipinski definition) is 2. The van der Waals surface area contributed by atoms with Gasteiger partial charge in [0.1, 0.15) is 0 Å². The first kappa shape index (κ1) is 15.2. The second kappa shape index (κ2) is 6.98. The lowest BCUT2D eigenvalue weighted by Gasteiger charge is -2.27. The Bertz CT molecular complexity index is 407. The molecule has 1 aromatic carbocycles. The molecule has 1 atom stereocenters. The quantitative estimate of drug-likeness (QED) is 0.841. The van der Waals surface area contributed by atoms with Crippen LogP contribution in [0, 0.1) is 0 Å². The minimum Gasteiger partial charge on any atom is -0.387 e. The number of hydrogen-bond acceptors (Lipinski definition) is 3. The zero-order valence-corrected chi connectivity index (χ0v) is 12.9. The molecule has 0 radical (unpaired) electrons. The highest BCUT2D eigenvalue weighted by molar-refractivity contribution is 8.00. The van der Waals surface area contributed by atoms with E-state index in [-0.39, 0.29) is 0 Å². The van der Waals surface area contributed by atoms with Crippen molar-refractivity contribution in [3.05, 3.63) is 34.9 Å². The minimum absolute atomic E-state index is 0.375. The second-order valence-electron chi connectivity index (χ2n) is 5.26. The summed E-state index contributed by atoms with van der Waals surface area (Å²) in [6, 6.07) is 7.49. The van der Waals surface area contributed by atoms with Gasteiger partial charge < -0.3 is 10.4 Å². The molecule has 106 valence electrons. The van der Waals surface area contributed by atoms with Gasteiger partial charge in [0.25, 0.3) is 0 Å². The molecule has 19 heavy (non-hydrogen) atoms. The van der Waals surface area contributed by atoms with Gasteiger partial charge >= 0.3 is 0 Å². The molecule has 0 spiro atoms. The first-order valence-electron chi connectivity index (χ1n) is 6.85. The van der Waals surface area contributed by atoms with Crippen LogP contribution in [0.15, 0.2) is 24.3 Å². The van der Waals surface area contributed by atoms with E-state index in [4.69, 9.17) is 11.6 Å². The molecule has 0 aliphatic heterocycles. The fourth-order valence-electron chi connectivity index (χ4n) is 2.76. The minimum atomic E-state index is -0.533. The zero-order chi connectivity index (χ0) is 13.7. The van der Waals surface area contributed by atoms with Crippen LogP contribution in [0.25, 0.3) is 0 Å². The van der Waals surface area contributed by atoms with Gasteiger partial charge in [0.05, 0.1) is 6.10 Å². The van der Waals surface area contributed by atoms with Crippen LogP contribution in [0.2, 0.25) is 5.02 Å². The summed E-state index contributed by atoms with van der Waals surface area (Å²) >= 11 is 8.05. The van der Waals surface area contributed by atoms with E-state index in [1.54, 1.807) is 0 Å². The summed E-state index contributed by atoms with van der Waals surface area (Å²) in [6.45, 7) is 1.53. The SMILES string of the molecule is CSC1(CNCC(O)c2ccccc2Cl)CCCC1. The third-order valence-electron chi connectivity index (χ3n) is 4.00. The molecular weight excluding hydrogens is 278 g/mol. The van der Waals surface area contributed by atoms with E-state index in [1.807, 2.05) is 36.0 Å². The van der Waals surface area contributed by atoms with Crippen LogP contribution in [0.3, 0.4) is 0 Å². The van der Waals surface area contributed by atoms with E-state index in [0.717, 1.165) is 12.1 Å². The Labute approximate surface area is 124 Å². The lowest BCUT2D eigenvalue weighted by Crippen LogP contribution is -2.37. The van der Waals surface area contributed by atoms with Crippen molar-refractivity contribution in [1.82, 2.24) is 5.32 Å². The summed E-state index contributed by atoms with van der Waals surface area (Å²) in [5.41, 5.74) is 0.807. The lowest BCUT2D eigenvalue weighted by atomic mass is 10.1. The molecule has 1 saturated carbocycles. The summed E-state index contributed by atoms with van der Waals surface area (Å²) in [5, 5.41) is 14.2. The Balaban J connectivity index is 1.84. The van der Waals surface area contributed by atoms with Crippen molar-refractivity contribution in [2.75, 3.05) is 19.3 Å². The molecule has 2 N–H and O–H groups in total. The zero-order valence-electron chi connectivity index (χ0n) is 11.4. The highest BCUT2D eigenvalue weighted by Gasteiger charge is 2.32. The lowest BCUT2D eigenvalue weighted by molar-refractivity contribution is 0.173. The van der Waals surface area contributed by atoms with Gasteiger partial charge in [-0.15, -0.1) is 0 Å². The average molecular weight is 300 g/mol. The summed E-state index contributed by atoms with van der Waals surface area (Å²) in [6.07, 6.45) is 6.88. The maximum Gasteiger partial charge on any atom is 0.0928 e. The highest BCUT2D eigenvalue weighted by atomic mass is 35.5. The number of benzene rings is 1. The van der Waals surface area contributed by atoms with Crippen molar-refractivity contribution in [1.29, 1.82) is 0 Å². The van der Waals surface area contributed by atoms with Gasteiger partial charge in [0.15, 0.2) is 0 Å². The second-order valence-corrected chi connectivity index (χ2v) is 6.94. The average Bonchev–Trinajstić information content (AvgIpc) is 2.88. The number of aliphatic hydroxyl groups excluding tert-OH is 1. The monoisotopic (exact) mass is 299 g/mol. The van der Waals surface area contributed by atoms with Crippen molar-refractivity contribution < 1.29 is 5.11 Å². The summed E-state index contributed by atoms with van der Waals surface area (Å²) in [5.74, 6) is 0. The Hall–Kier alpha value is -0.220. The van der Waals surface area contributed by atoms with Crippen LogP contribution in [0.4, 0.5) is 0 Å². The van der Waals surface area contributed by atoms with Crippen molar-refractivity contribution in [3.8, 4) is 0 Å². The summed E-state index contributed by atoms with van der Waals surface area (Å²) in [4.78, 5) is 0. The maximum absolute atomic E-state index is 10.2. The van der Waals surface area contributed by atoms with E-state index >= 15 is 0 Å². The van der Waals surface area contributed by atoms with Gasteiger partial charge in [-0.05, 0) is 25.2 Å². The van der Waals surface area contributed by atoms with Gasteiger partial charge in [-0.2, -0.15) is 11.8 Å². The molecule has 1 aromatic rings. The van der Waals surface area contributed by atoms with Crippen molar-refractivity contribution in [3.63, 3.8) is 0 Å². The molecule has 0 saturated heterocycles. The molecule has 1 fully saturated rings. The summed E-state index contributed by atoms with van der Waals surface area (Å²) < 4.78 is 0.375. The van der Waals surface area contributed by atoms with Gasteiger partial charge in [-0.1, -0.05) is 42.6 Å². The molecule has 1 unspecified atom stereocenters. The number of nitrogens with one attached hydrogen (secondary N) is 1. The third kappa shape index (κ3) is 3.88. The van der Waals surface area contributed by atoms with Gasteiger partial charge in [-0.3, -0.25) is 0 Å². The summed E-state index contributed by atoms with van der Waals surface area (Å²) in [7, 11) is 0. The van der Waals surface area contributed by atoms with Crippen molar-refractivity contribution in [2.45, 2.75) is 36.5 Å². The smallest absolute Gasteiger partial charge is 0.0928 e. The van der Waals surface area contributed by atoms with Gasteiger partial charge in [-0.25, -0.2) is 0 Å². The predicted octanol–water partition coefficient (Wildman–Crippen LogP) is 3.64. The van der Waals surface area contributed by atoms with Crippen molar-refractivity contribution >= 4 is 23.4 Å². The number of rotatable bonds is 6. The molecular formula is C15H22ClNOS. The van der Waals surface area contributed by atoms with Crippen molar-refractivity contribution in [2.24, 2.45) is 0 Å². The molecule has 0 aromatic heterocycles. The normalized spacial score (nSPS) is 19.5. The molecule has 4 heteroatoms. The van der Waals surface area contributed by atoms with Crippen LogP contribution in [-0.2, 0) is 0 Å². The molecule has 1 aliphatic rings. The topological polar surface area (TPSA) is 32.3 Å². The number of halogens is 1. The molecule has 0 heterocycles. The van der Waals surface area contributed by atoms with E-state index in [2.05, 4.69) is 11.6 Å². The van der Waals surface area contributed by atoms with Gasteiger partial charge in [0, 0.05) is 28.4 Å². The van der Waals surface area contributed by atoms with E-state index in [0.29, 0.717) is 16.3 Å². The maximum atomic E-state index is 10.2. The van der Waals surface area contributed by atoms with Gasteiger partial charge in [0.2, 0.25) is 0 Å². The fraction of sp³-hybridized carbons (Fsp3) is 0.600. The first-order valence-corrected chi connectivity index (χ1v) is 8.45. The standard InChI is InChI=1S/C15H22ClNOS/c1-19-15(8-4-5-9-15)11-17-10-14(18)12-6-2-3-7-13(12)16/h2-3,6-7,14,17-18H,4-5,8-11H2,1H3. The van der Waals surface area contributed by atoms with Crippen LogP contribution in [0.5, 0.6) is 0 Å². The van der Waals surface area contributed by atoms with E-state index in [1.165, 1.54) is 25.7 Å². The van der Waals surface area contributed by atoms with E-state index < -0.39 is 6.10 Å². The Morgan fingerprint density at radius 1 is 1.37 bits per heavy atom. The number of thioether (sulfide) groups is 1. The Morgan fingerprint density at radius 2 is 2.05 bits per heavy atom. The third-order valence-corrected chi connectivity index (χ3v) is 5.76. The number of aliphatic hydroxyl groups is 1. The molecule has 1 aliphatic carbocycles. The Kier molecular flexibility index (Phi) is 5.58. The largest absolute Gasteiger partial charge is 0.387 e. The molecule has 2 rings (SSSR count). The Morgan fingerprint density at radius 3 is 2.68 bits per heavy atom. The molecule has 0 amide bonds. The van der Waals surface area contributed by atoms with Crippen LogP contribution in [-0.4, -0.2) is 29.2 Å². The molecule has 0 bridgehead atoms. The molecule has 2 nitrogen and oxygen atoms in total. The van der Waals surface area contributed by atoms with E-state index in [9.17, 15) is 5.11 Å². The highest BCUT2D eigenvalue weighted by Crippen LogP contribution is 2.39. The first-order chi connectivity index (χ1) is 9.17. The fourth-order valence-corrected chi connectivity index (χ4v) is 3.97. The van der Waals surface area contributed by atoms with Crippen LogP contribution < -0.4 is 5.32 Å². The van der Waals surface area contributed by atoms with Crippen LogP contribution >= 0.6 is 23.4 Å².